The molecule has 0 spiro atoms. The first-order valence-corrected chi connectivity index (χ1v) is 12.8. The van der Waals surface area contributed by atoms with Gasteiger partial charge in [-0.05, 0) is 44.1 Å². The molecule has 1 aromatic carbocycles. The molecule has 3 fully saturated rings. The van der Waals surface area contributed by atoms with Crippen molar-refractivity contribution in [3.63, 3.8) is 0 Å². The van der Waals surface area contributed by atoms with E-state index >= 15 is 0 Å². The molecule has 2 saturated heterocycles. The first kappa shape index (κ1) is 26.9. The maximum absolute atomic E-state index is 13.0. The van der Waals surface area contributed by atoms with Crippen LogP contribution in [0.25, 0.3) is 0 Å². The molecule has 1 aromatic heterocycles. The third-order valence-corrected chi connectivity index (χ3v) is 7.61. The van der Waals surface area contributed by atoms with Gasteiger partial charge in [0.15, 0.2) is 0 Å². The zero-order valence-corrected chi connectivity index (χ0v) is 21.4. The monoisotopic (exact) mass is 515 g/mol. The second-order valence-electron chi connectivity index (χ2n) is 10.3. The fourth-order valence-electron chi connectivity index (χ4n) is 5.41. The number of amides is 2. The SMILES string of the molecule is Cc1ncnc(C)c1C(=O)N1CC2CN(CCC(NC(=O)O)c3ccccc3)C[C@H]2C1.FC1(F)CCC1. The van der Waals surface area contributed by atoms with Crippen LogP contribution in [0.4, 0.5) is 13.6 Å². The minimum Gasteiger partial charge on any atom is -0.465 e. The fraction of sp³-hybridized carbons (Fsp3) is 0.556. The third kappa shape index (κ3) is 6.80. The Morgan fingerprint density at radius 3 is 2.11 bits per heavy atom. The van der Waals surface area contributed by atoms with E-state index < -0.39 is 12.0 Å². The molecular formula is C27H35F2N5O3. The van der Waals surface area contributed by atoms with Crippen molar-refractivity contribution < 1.29 is 23.5 Å². The summed E-state index contributed by atoms with van der Waals surface area (Å²) in [4.78, 5) is 37.0. The lowest BCUT2D eigenvalue weighted by atomic mass is 9.95. The van der Waals surface area contributed by atoms with Crippen molar-refractivity contribution >= 4 is 12.0 Å². The summed E-state index contributed by atoms with van der Waals surface area (Å²) in [6.45, 7) is 7.92. The van der Waals surface area contributed by atoms with E-state index in [2.05, 4.69) is 20.2 Å². The van der Waals surface area contributed by atoms with Crippen molar-refractivity contribution in [2.24, 2.45) is 11.8 Å². The number of aromatic nitrogens is 2. The smallest absolute Gasteiger partial charge is 0.405 e. The van der Waals surface area contributed by atoms with E-state index in [4.69, 9.17) is 0 Å². The normalized spacial score (nSPS) is 22.9. The molecular weight excluding hydrogens is 480 g/mol. The van der Waals surface area contributed by atoms with Gasteiger partial charge < -0.3 is 20.2 Å². The summed E-state index contributed by atoms with van der Waals surface area (Å²) in [6, 6.07) is 9.49. The summed E-state index contributed by atoms with van der Waals surface area (Å²) in [5.41, 5.74) is 3.07. The maximum atomic E-state index is 13.0. The highest BCUT2D eigenvalue weighted by Crippen LogP contribution is 2.36. The second-order valence-corrected chi connectivity index (χ2v) is 10.3. The molecule has 3 atom stereocenters. The highest BCUT2D eigenvalue weighted by atomic mass is 19.3. The number of benzene rings is 1. The average Bonchev–Trinajstić information content (AvgIpc) is 3.40. The minimum atomic E-state index is -2.28. The zero-order chi connectivity index (χ0) is 26.6. The number of aryl methyl sites for hydroxylation is 2. The van der Waals surface area contributed by atoms with Crippen LogP contribution in [-0.2, 0) is 0 Å². The van der Waals surface area contributed by atoms with E-state index in [1.54, 1.807) is 0 Å². The standard InChI is InChI=1S/C23H29N5O3.C4H6F2/c1-15-21(16(2)25-14-24-15)22(29)28-12-18-10-27(11-19(18)13-28)9-8-20(26-23(30)31)17-6-4-3-5-7-17;5-4(6)2-1-3-4/h3-7,14,18-20,26H,8-13H2,1-2H3,(H,30,31);1-3H2/t18-,19?,20?;/m0./s1. The number of hydrogen-bond acceptors (Lipinski definition) is 5. The number of nitrogens with zero attached hydrogens (tertiary/aromatic N) is 4. The molecule has 5 rings (SSSR count). The molecule has 1 aliphatic carbocycles. The number of fused-ring (bicyclic) bond motifs is 1. The molecule has 10 heteroatoms. The van der Waals surface area contributed by atoms with E-state index in [9.17, 15) is 23.5 Å². The van der Waals surface area contributed by atoms with Gasteiger partial charge in [0.25, 0.3) is 5.91 Å². The molecule has 1 saturated carbocycles. The molecule has 2 N–H and O–H groups in total. The Morgan fingerprint density at radius 2 is 1.62 bits per heavy atom. The number of likely N-dealkylation sites (tertiary alicyclic amines) is 2. The maximum Gasteiger partial charge on any atom is 0.405 e. The topological polar surface area (TPSA) is 98.7 Å². The van der Waals surface area contributed by atoms with Gasteiger partial charge in [-0.15, -0.1) is 0 Å². The quantitative estimate of drug-likeness (QED) is 0.595. The van der Waals surface area contributed by atoms with Gasteiger partial charge in [-0.3, -0.25) is 4.79 Å². The molecule has 0 radical (unpaired) electrons. The van der Waals surface area contributed by atoms with E-state index in [-0.39, 0.29) is 24.8 Å². The Labute approximate surface area is 216 Å². The first-order chi connectivity index (χ1) is 17.6. The number of carbonyl (C=O) groups excluding carboxylic acids is 1. The number of rotatable bonds is 6. The number of carbonyl (C=O) groups is 2. The predicted octanol–water partition coefficient (Wildman–Crippen LogP) is 4.30. The van der Waals surface area contributed by atoms with Gasteiger partial charge in [0.1, 0.15) is 6.33 Å². The summed E-state index contributed by atoms with van der Waals surface area (Å²) in [6.07, 6.45) is 2.17. The molecule has 2 unspecified atom stereocenters. The number of hydrogen-bond donors (Lipinski definition) is 2. The van der Waals surface area contributed by atoms with Crippen molar-refractivity contribution in [3.8, 4) is 0 Å². The van der Waals surface area contributed by atoms with E-state index in [0.717, 1.165) is 56.1 Å². The Morgan fingerprint density at radius 1 is 1.05 bits per heavy atom. The Balaban J connectivity index is 0.000000469. The van der Waals surface area contributed by atoms with Crippen LogP contribution in [0.1, 0.15) is 59.0 Å². The molecule has 2 aliphatic heterocycles. The molecule has 2 amide bonds. The number of nitrogens with one attached hydrogen (secondary N) is 1. The van der Waals surface area contributed by atoms with E-state index in [0.29, 0.717) is 23.8 Å². The Kier molecular flexibility index (Phi) is 8.36. The summed E-state index contributed by atoms with van der Waals surface area (Å²) >= 11 is 0. The second kappa shape index (κ2) is 11.5. The molecule has 2 aromatic rings. The highest BCUT2D eigenvalue weighted by molar-refractivity contribution is 5.96. The summed E-state index contributed by atoms with van der Waals surface area (Å²) in [5.74, 6) is -1.33. The molecule has 200 valence electrons. The number of carboxylic acid groups (broad SMARTS) is 1. The lowest BCUT2D eigenvalue weighted by Gasteiger charge is -2.24. The zero-order valence-electron chi connectivity index (χ0n) is 21.4. The average molecular weight is 516 g/mol. The van der Waals surface area contributed by atoms with Crippen molar-refractivity contribution in [1.82, 2.24) is 25.1 Å². The highest BCUT2D eigenvalue weighted by Gasteiger charge is 2.42. The molecule has 8 nitrogen and oxygen atoms in total. The molecule has 3 aliphatic rings. The van der Waals surface area contributed by atoms with Crippen LogP contribution in [-0.4, -0.2) is 75.5 Å². The molecule has 3 heterocycles. The van der Waals surface area contributed by atoms with Crippen LogP contribution >= 0.6 is 0 Å². The van der Waals surface area contributed by atoms with Gasteiger partial charge in [0, 0.05) is 45.6 Å². The van der Waals surface area contributed by atoms with Crippen LogP contribution in [0, 0.1) is 25.7 Å². The minimum absolute atomic E-state index is 0.0337. The van der Waals surface area contributed by atoms with Crippen molar-refractivity contribution in [1.29, 1.82) is 0 Å². The van der Waals surface area contributed by atoms with Crippen LogP contribution in [0.15, 0.2) is 36.7 Å². The Bertz CT molecular complexity index is 1060. The van der Waals surface area contributed by atoms with Crippen LogP contribution in [0.2, 0.25) is 0 Å². The van der Waals surface area contributed by atoms with Gasteiger partial charge in [-0.25, -0.2) is 23.5 Å². The first-order valence-electron chi connectivity index (χ1n) is 12.8. The van der Waals surface area contributed by atoms with Gasteiger partial charge >= 0.3 is 6.09 Å². The van der Waals surface area contributed by atoms with E-state index in [1.165, 1.54) is 6.33 Å². The van der Waals surface area contributed by atoms with Crippen molar-refractivity contribution in [3.05, 3.63) is 59.2 Å². The third-order valence-electron chi connectivity index (χ3n) is 7.61. The largest absolute Gasteiger partial charge is 0.465 e. The predicted molar refractivity (Wildman–Crippen MR) is 135 cm³/mol. The van der Waals surface area contributed by atoms with Gasteiger partial charge in [-0.1, -0.05) is 30.3 Å². The van der Waals surface area contributed by atoms with E-state index in [1.807, 2.05) is 49.1 Å². The number of alkyl halides is 2. The van der Waals surface area contributed by atoms with Crippen LogP contribution in [0.5, 0.6) is 0 Å². The summed E-state index contributed by atoms with van der Waals surface area (Å²) in [7, 11) is 0. The summed E-state index contributed by atoms with van der Waals surface area (Å²) < 4.78 is 23.1. The van der Waals surface area contributed by atoms with Gasteiger partial charge in [0.05, 0.1) is 23.0 Å². The van der Waals surface area contributed by atoms with Crippen LogP contribution in [0.3, 0.4) is 0 Å². The van der Waals surface area contributed by atoms with Crippen LogP contribution < -0.4 is 5.32 Å². The van der Waals surface area contributed by atoms with Gasteiger partial charge in [0.2, 0.25) is 5.92 Å². The van der Waals surface area contributed by atoms with Crippen molar-refractivity contribution in [2.45, 2.75) is 51.5 Å². The van der Waals surface area contributed by atoms with Gasteiger partial charge in [-0.2, -0.15) is 0 Å². The summed E-state index contributed by atoms with van der Waals surface area (Å²) in [5, 5.41) is 11.9. The van der Waals surface area contributed by atoms with Crippen molar-refractivity contribution in [2.75, 3.05) is 32.7 Å². The fourth-order valence-corrected chi connectivity index (χ4v) is 5.41. The lowest BCUT2D eigenvalue weighted by molar-refractivity contribution is -0.0717. The Hall–Kier alpha value is -3.14. The lowest BCUT2D eigenvalue weighted by Crippen LogP contribution is -2.35. The molecule has 0 bridgehead atoms. The molecule has 37 heavy (non-hydrogen) atoms. The number of halogens is 2.